The molecule has 0 saturated heterocycles. The molecular formula is C9H13N3O4. The largest absolute Gasteiger partial charge is 0.468 e. The minimum absolute atomic E-state index is 0.00361. The lowest BCUT2D eigenvalue weighted by molar-refractivity contribution is -0.141. The Morgan fingerprint density at radius 3 is 2.50 bits per heavy atom. The van der Waals surface area contributed by atoms with Gasteiger partial charge in [0.1, 0.15) is 18.2 Å². The van der Waals surface area contributed by atoms with E-state index in [-0.39, 0.29) is 18.1 Å². The van der Waals surface area contributed by atoms with Crippen LogP contribution >= 0.6 is 0 Å². The first-order valence-corrected chi connectivity index (χ1v) is 4.49. The molecule has 2 N–H and O–H groups in total. The zero-order valence-electron chi connectivity index (χ0n) is 9.31. The smallest absolute Gasteiger partial charge is 0.360 e. The monoisotopic (exact) mass is 227 g/mol. The van der Waals surface area contributed by atoms with Gasteiger partial charge in [0.05, 0.1) is 14.2 Å². The molecule has 0 saturated carbocycles. The van der Waals surface area contributed by atoms with Crippen LogP contribution in [0.5, 0.6) is 0 Å². The summed E-state index contributed by atoms with van der Waals surface area (Å²) in [5.74, 6) is -0.564. The minimum Gasteiger partial charge on any atom is -0.468 e. The predicted octanol–water partition coefficient (Wildman–Crippen LogP) is -0.267. The lowest BCUT2D eigenvalue weighted by Crippen LogP contribution is -2.15. The number of ether oxygens (including phenoxy) is 2. The molecule has 0 aliphatic rings. The van der Waals surface area contributed by atoms with Gasteiger partial charge in [0, 0.05) is 0 Å². The highest BCUT2D eigenvalue weighted by Crippen LogP contribution is 2.15. The van der Waals surface area contributed by atoms with Gasteiger partial charge in [-0.2, -0.15) is 0 Å². The maximum Gasteiger partial charge on any atom is 0.360 e. The third-order valence-corrected chi connectivity index (χ3v) is 2.09. The van der Waals surface area contributed by atoms with E-state index in [1.54, 1.807) is 6.92 Å². The molecule has 1 aromatic heterocycles. The summed E-state index contributed by atoms with van der Waals surface area (Å²) in [6, 6.07) is 0. The van der Waals surface area contributed by atoms with E-state index in [0.717, 1.165) is 0 Å². The molecule has 7 nitrogen and oxygen atoms in total. The molecule has 0 aliphatic heterocycles. The maximum atomic E-state index is 11.3. The average Bonchev–Trinajstić information content (AvgIpc) is 2.55. The first-order chi connectivity index (χ1) is 7.51. The number of aryl methyl sites for hydroxylation is 1. The number of nitrogens with zero attached hydrogens (tertiary/aromatic N) is 2. The second kappa shape index (κ2) is 4.65. The summed E-state index contributed by atoms with van der Waals surface area (Å²) in [4.78, 5) is 26.3. The molecule has 7 heteroatoms. The number of nitrogen functional groups attached to an aromatic ring is 1. The molecule has 1 aromatic rings. The van der Waals surface area contributed by atoms with E-state index in [9.17, 15) is 9.59 Å². The molecule has 16 heavy (non-hydrogen) atoms. The first kappa shape index (κ1) is 12.0. The molecule has 0 amide bonds. The second-order valence-corrected chi connectivity index (χ2v) is 3.05. The summed E-state index contributed by atoms with van der Waals surface area (Å²) < 4.78 is 10.4. The summed E-state index contributed by atoms with van der Waals surface area (Å²) >= 11 is 0. The fourth-order valence-electron chi connectivity index (χ4n) is 1.22. The molecule has 1 heterocycles. The Hall–Kier alpha value is -2.05. The van der Waals surface area contributed by atoms with Crippen molar-refractivity contribution in [2.24, 2.45) is 0 Å². The molecule has 0 unspecified atom stereocenters. The van der Waals surface area contributed by atoms with Gasteiger partial charge in [-0.25, -0.2) is 9.78 Å². The van der Waals surface area contributed by atoms with Crippen LogP contribution in [-0.4, -0.2) is 35.7 Å². The Bertz CT molecular complexity index is 425. The summed E-state index contributed by atoms with van der Waals surface area (Å²) in [5.41, 5.74) is 5.68. The Morgan fingerprint density at radius 1 is 1.38 bits per heavy atom. The third-order valence-electron chi connectivity index (χ3n) is 2.09. The number of imidazole rings is 1. The van der Waals surface area contributed by atoms with Gasteiger partial charge in [0.2, 0.25) is 0 Å². The van der Waals surface area contributed by atoms with Crippen LogP contribution in [0.25, 0.3) is 0 Å². The van der Waals surface area contributed by atoms with Crippen LogP contribution in [0.3, 0.4) is 0 Å². The van der Waals surface area contributed by atoms with Crippen molar-refractivity contribution in [1.29, 1.82) is 0 Å². The van der Waals surface area contributed by atoms with Crippen molar-refractivity contribution in [1.82, 2.24) is 9.55 Å². The number of carbonyl (C=O) groups is 2. The van der Waals surface area contributed by atoms with E-state index in [1.165, 1.54) is 18.8 Å². The van der Waals surface area contributed by atoms with Crippen molar-refractivity contribution >= 4 is 17.8 Å². The molecule has 0 atom stereocenters. The Labute approximate surface area is 92.1 Å². The van der Waals surface area contributed by atoms with E-state index in [4.69, 9.17) is 5.73 Å². The minimum atomic E-state index is -0.635. The molecule has 0 aromatic carbocycles. The van der Waals surface area contributed by atoms with Crippen LogP contribution in [-0.2, 0) is 20.8 Å². The van der Waals surface area contributed by atoms with Crippen LogP contribution in [0.2, 0.25) is 0 Å². The maximum absolute atomic E-state index is 11.3. The zero-order valence-corrected chi connectivity index (χ0v) is 9.31. The van der Waals surface area contributed by atoms with Gasteiger partial charge >= 0.3 is 11.9 Å². The highest BCUT2D eigenvalue weighted by molar-refractivity contribution is 5.92. The van der Waals surface area contributed by atoms with Crippen molar-refractivity contribution in [3.05, 3.63) is 11.5 Å². The van der Waals surface area contributed by atoms with Gasteiger partial charge < -0.3 is 19.8 Å². The number of hydrogen-bond donors (Lipinski definition) is 1. The lowest BCUT2D eigenvalue weighted by atomic mass is 10.4. The fraction of sp³-hybridized carbons (Fsp3) is 0.444. The average molecular weight is 227 g/mol. The van der Waals surface area contributed by atoms with Crippen molar-refractivity contribution in [3.8, 4) is 0 Å². The first-order valence-electron chi connectivity index (χ1n) is 4.49. The molecular weight excluding hydrogens is 214 g/mol. The molecule has 0 aliphatic carbocycles. The highest BCUT2D eigenvalue weighted by Gasteiger charge is 2.20. The summed E-state index contributed by atoms with van der Waals surface area (Å²) in [5, 5.41) is 0. The van der Waals surface area contributed by atoms with Crippen molar-refractivity contribution < 1.29 is 19.1 Å². The SMILES string of the molecule is COC(=O)Cn1c(C)nc(C(=O)OC)c1N. The van der Waals surface area contributed by atoms with Crippen molar-refractivity contribution in [2.75, 3.05) is 20.0 Å². The van der Waals surface area contributed by atoms with E-state index in [0.29, 0.717) is 5.82 Å². The number of anilines is 1. The lowest BCUT2D eigenvalue weighted by Gasteiger charge is -2.05. The predicted molar refractivity (Wildman–Crippen MR) is 54.7 cm³/mol. The Kier molecular flexibility index (Phi) is 3.49. The van der Waals surface area contributed by atoms with Crippen LogP contribution < -0.4 is 5.73 Å². The fourth-order valence-corrected chi connectivity index (χ4v) is 1.22. The van der Waals surface area contributed by atoms with E-state index in [2.05, 4.69) is 14.5 Å². The number of aromatic nitrogens is 2. The number of rotatable bonds is 3. The topological polar surface area (TPSA) is 96.4 Å². The zero-order chi connectivity index (χ0) is 12.3. The van der Waals surface area contributed by atoms with Gasteiger partial charge in [-0.3, -0.25) is 4.79 Å². The van der Waals surface area contributed by atoms with E-state index in [1.807, 2.05) is 0 Å². The third kappa shape index (κ3) is 2.13. The Balaban J connectivity index is 3.07. The number of esters is 2. The summed E-state index contributed by atoms with van der Waals surface area (Å²) in [7, 11) is 2.50. The molecule has 0 radical (unpaired) electrons. The number of nitrogens with two attached hydrogens (primary N) is 1. The number of hydrogen-bond acceptors (Lipinski definition) is 6. The molecule has 88 valence electrons. The highest BCUT2D eigenvalue weighted by atomic mass is 16.5. The molecule has 1 rings (SSSR count). The van der Waals surface area contributed by atoms with Gasteiger partial charge in [-0.1, -0.05) is 0 Å². The van der Waals surface area contributed by atoms with Crippen molar-refractivity contribution in [3.63, 3.8) is 0 Å². The van der Waals surface area contributed by atoms with E-state index >= 15 is 0 Å². The van der Waals surface area contributed by atoms with Gasteiger partial charge in [-0.15, -0.1) is 0 Å². The van der Waals surface area contributed by atoms with E-state index < -0.39 is 11.9 Å². The summed E-state index contributed by atoms with van der Waals surface area (Å²) in [6.07, 6.45) is 0. The van der Waals surface area contributed by atoms with Gasteiger partial charge in [0.25, 0.3) is 0 Å². The van der Waals surface area contributed by atoms with Crippen LogP contribution in [0.15, 0.2) is 0 Å². The van der Waals surface area contributed by atoms with Crippen LogP contribution in [0, 0.1) is 6.92 Å². The molecule has 0 fully saturated rings. The van der Waals surface area contributed by atoms with Crippen LogP contribution in [0.1, 0.15) is 16.3 Å². The number of methoxy groups -OCH3 is 2. The number of carbonyl (C=O) groups excluding carboxylic acids is 2. The Morgan fingerprint density at radius 2 is 2.00 bits per heavy atom. The van der Waals surface area contributed by atoms with Crippen molar-refractivity contribution in [2.45, 2.75) is 13.5 Å². The van der Waals surface area contributed by atoms with Gasteiger partial charge in [-0.05, 0) is 6.92 Å². The summed E-state index contributed by atoms with van der Waals surface area (Å²) in [6.45, 7) is 1.55. The molecule has 0 bridgehead atoms. The standard InChI is InChI=1S/C9H13N3O4/c1-5-11-7(9(14)16-3)8(10)12(5)4-6(13)15-2/h4,10H2,1-3H3. The normalized spacial score (nSPS) is 9.94. The van der Waals surface area contributed by atoms with Crippen LogP contribution in [0.4, 0.5) is 5.82 Å². The molecule has 0 spiro atoms. The van der Waals surface area contributed by atoms with Gasteiger partial charge in [0.15, 0.2) is 5.69 Å². The second-order valence-electron chi connectivity index (χ2n) is 3.05. The quantitative estimate of drug-likeness (QED) is 0.714.